The molecule has 0 atom stereocenters. The summed E-state index contributed by atoms with van der Waals surface area (Å²) in [6.07, 6.45) is 3.36. The van der Waals surface area contributed by atoms with Crippen molar-refractivity contribution in [2.75, 3.05) is 33.2 Å². The van der Waals surface area contributed by atoms with E-state index in [-0.39, 0.29) is 12.6 Å². The molecule has 3 aromatic rings. The van der Waals surface area contributed by atoms with Gasteiger partial charge in [0.15, 0.2) is 11.5 Å². The molecule has 0 aliphatic carbocycles. The van der Waals surface area contributed by atoms with E-state index in [1.807, 2.05) is 37.2 Å². The molecule has 0 radical (unpaired) electrons. The minimum Gasteiger partial charge on any atom is -0.493 e. The number of ether oxygens (including phenoxy) is 3. The molecule has 0 N–H and O–H groups in total. The number of fused-ring (bicyclic) bond motifs is 2. The van der Waals surface area contributed by atoms with Crippen LogP contribution in [0.25, 0.3) is 22.0 Å². The summed E-state index contributed by atoms with van der Waals surface area (Å²) in [4.78, 5) is 23.3. The van der Waals surface area contributed by atoms with Gasteiger partial charge in [-0.2, -0.15) is 0 Å². The average molecular weight is 365 g/mol. The molecule has 1 aromatic heterocycles. The lowest BCUT2D eigenvalue weighted by atomic mass is 9.93. The van der Waals surface area contributed by atoms with Crippen LogP contribution in [0, 0.1) is 0 Å². The number of cyclic esters (lactones) is 1. The van der Waals surface area contributed by atoms with Crippen LogP contribution < -0.4 is 14.4 Å². The zero-order chi connectivity index (χ0) is 19.1. The summed E-state index contributed by atoms with van der Waals surface area (Å²) in [5, 5.41) is 1.75. The molecule has 0 amide bonds. The van der Waals surface area contributed by atoms with Crippen LogP contribution in [0.2, 0.25) is 0 Å². The Morgan fingerprint density at radius 3 is 2.37 bits per heavy atom. The largest absolute Gasteiger partial charge is 0.493 e. The number of anilines is 1. The summed E-state index contributed by atoms with van der Waals surface area (Å²) in [5.41, 5.74) is 2.66. The van der Waals surface area contributed by atoms with Gasteiger partial charge >= 0.3 is 5.97 Å². The smallest absolute Gasteiger partial charge is 0.339 e. The van der Waals surface area contributed by atoms with Crippen LogP contribution in [-0.4, -0.2) is 44.3 Å². The summed E-state index contributed by atoms with van der Waals surface area (Å²) < 4.78 is 16.1. The van der Waals surface area contributed by atoms with Crippen LogP contribution in [0.3, 0.4) is 0 Å². The monoisotopic (exact) mass is 365 g/mol. The second-order valence-corrected chi connectivity index (χ2v) is 6.44. The molecule has 4 rings (SSSR count). The first kappa shape index (κ1) is 17.1. The van der Waals surface area contributed by atoms with E-state index < -0.39 is 0 Å². The predicted octanol–water partition coefficient (Wildman–Crippen LogP) is 3.05. The number of hydrogen-bond acceptors (Lipinski definition) is 7. The summed E-state index contributed by atoms with van der Waals surface area (Å²) in [5.74, 6) is 1.58. The molecule has 1 aliphatic rings. The van der Waals surface area contributed by atoms with E-state index in [0.29, 0.717) is 28.3 Å². The van der Waals surface area contributed by atoms with Gasteiger partial charge in [0.2, 0.25) is 0 Å². The Morgan fingerprint density at radius 1 is 1.00 bits per heavy atom. The fraction of sp³-hybridized carbons (Fsp3) is 0.250. The first-order valence-electron chi connectivity index (χ1n) is 8.42. The third-order valence-corrected chi connectivity index (χ3v) is 4.64. The van der Waals surface area contributed by atoms with Crippen LogP contribution in [0.4, 0.5) is 5.82 Å². The first-order valence-corrected chi connectivity index (χ1v) is 8.42. The fourth-order valence-electron chi connectivity index (χ4n) is 3.30. The lowest BCUT2D eigenvalue weighted by molar-refractivity contribution is 0.0535. The second-order valence-electron chi connectivity index (χ2n) is 6.44. The highest BCUT2D eigenvalue weighted by molar-refractivity contribution is 6.10. The Bertz CT molecular complexity index is 1050. The van der Waals surface area contributed by atoms with Crippen molar-refractivity contribution < 1.29 is 19.0 Å². The lowest BCUT2D eigenvalue weighted by Gasteiger charge is -2.15. The minimum absolute atomic E-state index is 0.245. The SMILES string of the molecule is COc1cc2cc3c(c(-c4cnc(N(C)C)cn4)c2cc1OC)C(=O)OC3. The van der Waals surface area contributed by atoms with Crippen molar-refractivity contribution in [2.24, 2.45) is 0 Å². The third-order valence-electron chi connectivity index (χ3n) is 4.64. The van der Waals surface area contributed by atoms with Gasteiger partial charge in [0.25, 0.3) is 0 Å². The molecule has 0 bridgehead atoms. The van der Waals surface area contributed by atoms with Crippen LogP contribution in [0.5, 0.6) is 11.5 Å². The van der Waals surface area contributed by atoms with Gasteiger partial charge in [0, 0.05) is 25.2 Å². The van der Waals surface area contributed by atoms with Gasteiger partial charge in [-0.15, -0.1) is 0 Å². The van der Waals surface area contributed by atoms with Crippen molar-refractivity contribution in [3.8, 4) is 22.8 Å². The number of hydrogen-bond donors (Lipinski definition) is 0. The Labute approximate surface area is 156 Å². The molecule has 2 aromatic carbocycles. The van der Waals surface area contributed by atoms with Gasteiger partial charge in [0.05, 0.1) is 37.9 Å². The van der Waals surface area contributed by atoms with Crippen molar-refractivity contribution in [3.05, 3.63) is 41.7 Å². The molecule has 0 fully saturated rings. The van der Waals surface area contributed by atoms with E-state index in [0.717, 1.165) is 22.2 Å². The van der Waals surface area contributed by atoms with Crippen LogP contribution in [0.15, 0.2) is 30.6 Å². The van der Waals surface area contributed by atoms with Crippen LogP contribution in [0.1, 0.15) is 15.9 Å². The van der Waals surface area contributed by atoms with Gasteiger partial charge in [-0.1, -0.05) is 0 Å². The number of nitrogens with zero attached hydrogens (tertiary/aromatic N) is 3. The molecule has 138 valence electrons. The van der Waals surface area contributed by atoms with Gasteiger partial charge in [0.1, 0.15) is 12.4 Å². The zero-order valence-corrected chi connectivity index (χ0v) is 15.6. The molecular formula is C20H19N3O4. The number of esters is 1. The second kappa shape index (κ2) is 6.42. The maximum Gasteiger partial charge on any atom is 0.339 e. The molecule has 7 nitrogen and oxygen atoms in total. The Hall–Kier alpha value is -3.35. The molecule has 0 saturated carbocycles. The first-order chi connectivity index (χ1) is 13.0. The molecule has 27 heavy (non-hydrogen) atoms. The highest BCUT2D eigenvalue weighted by Gasteiger charge is 2.29. The lowest BCUT2D eigenvalue weighted by Crippen LogP contribution is -2.11. The normalized spacial score (nSPS) is 12.7. The van der Waals surface area contributed by atoms with Crippen molar-refractivity contribution in [3.63, 3.8) is 0 Å². The number of rotatable bonds is 4. The number of benzene rings is 2. The minimum atomic E-state index is -0.352. The Morgan fingerprint density at radius 2 is 1.74 bits per heavy atom. The molecule has 0 unspecified atom stereocenters. The number of carbonyl (C=O) groups is 1. The van der Waals surface area contributed by atoms with Gasteiger partial charge in [-0.05, 0) is 29.0 Å². The summed E-state index contributed by atoms with van der Waals surface area (Å²) >= 11 is 0. The molecular weight excluding hydrogens is 346 g/mol. The van der Waals surface area contributed by atoms with E-state index in [2.05, 4.69) is 9.97 Å². The Balaban J connectivity index is 2.04. The molecule has 2 heterocycles. The number of carbonyl (C=O) groups excluding carboxylic acids is 1. The summed E-state index contributed by atoms with van der Waals surface area (Å²) in [7, 11) is 6.97. The van der Waals surface area contributed by atoms with Crippen molar-refractivity contribution in [1.82, 2.24) is 9.97 Å². The standard InChI is InChI=1S/C20H19N3O4/c1-23(2)17-9-21-14(8-22-17)19-13-7-16(26-4)15(25-3)6-11(13)5-12-10-27-20(24)18(12)19/h5-9H,10H2,1-4H3. The predicted molar refractivity (Wildman–Crippen MR) is 102 cm³/mol. The number of methoxy groups -OCH3 is 2. The van der Waals surface area contributed by atoms with E-state index in [4.69, 9.17) is 14.2 Å². The van der Waals surface area contributed by atoms with Gasteiger partial charge < -0.3 is 19.1 Å². The van der Waals surface area contributed by atoms with E-state index >= 15 is 0 Å². The zero-order valence-electron chi connectivity index (χ0n) is 15.6. The maximum absolute atomic E-state index is 12.4. The number of aromatic nitrogens is 2. The average Bonchev–Trinajstić information content (AvgIpc) is 3.05. The van der Waals surface area contributed by atoms with E-state index in [9.17, 15) is 4.79 Å². The summed E-state index contributed by atoms with van der Waals surface area (Å²) in [6.45, 7) is 0.245. The van der Waals surface area contributed by atoms with Crippen LogP contribution in [-0.2, 0) is 11.3 Å². The molecule has 1 aliphatic heterocycles. The van der Waals surface area contributed by atoms with E-state index in [1.54, 1.807) is 26.6 Å². The van der Waals surface area contributed by atoms with Crippen molar-refractivity contribution in [1.29, 1.82) is 0 Å². The topological polar surface area (TPSA) is 73.8 Å². The van der Waals surface area contributed by atoms with Crippen molar-refractivity contribution in [2.45, 2.75) is 6.61 Å². The molecule has 7 heteroatoms. The van der Waals surface area contributed by atoms with Crippen molar-refractivity contribution >= 4 is 22.6 Å². The quantitative estimate of drug-likeness (QED) is 0.658. The van der Waals surface area contributed by atoms with Gasteiger partial charge in [-0.25, -0.2) is 9.78 Å². The fourth-order valence-corrected chi connectivity index (χ4v) is 3.30. The maximum atomic E-state index is 12.4. The summed E-state index contributed by atoms with van der Waals surface area (Å²) in [6, 6.07) is 5.70. The third kappa shape index (κ3) is 2.71. The van der Waals surface area contributed by atoms with Gasteiger partial charge in [-0.3, -0.25) is 4.98 Å². The molecule has 0 saturated heterocycles. The highest BCUT2D eigenvalue weighted by Crippen LogP contribution is 2.41. The highest BCUT2D eigenvalue weighted by atomic mass is 16.5. The Kier molecular flexibility index (Phi) is 4.07. The van der Waals surface area contributed by atoms with E-state index in [1.165, 1.54) is 0 Å². The molecule has 0 spiro atoms. The van der Waals surface area contributed by atoms with Crippen LogP contribution >= 0.6 is 0 Å².